The maximum Gasteiger partial charge on any atom is 0.253 e. The smallest absolute Gasteiger partial charge is 0.253 e. The predicted molar refractivity (Wildman–Crippen MR) is 77.3 cm³/mol. The molecule has 3 N–H and O–H groups in total. The third-order valence-corrected chi connectivity index (χ3v) is 2.98. The number of phenolic OH excluding ortho intramolecular Hbond substituents is 1. The quantitative estimate of drug-likeness (QED) is 0.602. The number of nitrogens with zero attached hydrogens (tertiary/aromatic N) is 2. The minimum atomic E-state index is -0.0726. The van der Waals surface area contributed by atoms with E-state index in [9.17, 15) is 9.90 Å². The van der Waals surface area contributed by atoms with Crippen LogP contribution in [0.4, 0.5) is 5.69 Å². The largest absolute Gasteiger partial charge is 0.506 e. The van der Waals surface area contributed by atoms with Gasteiger partial charge in [0.2, 0.25) is 0 Å². The molecule has 5 heteroatoms. The molecule has 19 heavy (non-hydrogen) atoms. The number of anilines is 1. The standard InChI is InChI=1S/C14H23N3O2/c1-4-17(9-5-8-16(2)3)14(19)11-6-7-12(15)13(18)10-11/h6-7,10,18H,4-5,8-9,15H2,1-3H3. The number of aromatic hydroxyl groups is 1. The summed E-state index contributed by atoms with van der Waals surface area (Å²) in [6.07, 6.45) is 0.924. The summed E-state index contributed by atoms with van der Waals surface area (Å²) in [5.74, 6) is -0.119. The Morgan fingerprint density at radius 2 is 2.00 bits per heavy atom. The van der Waals surface area contributed by atoms with E-state index in [1.807, 2.05) is 21.0 Å². The maximum absolute atomic E-state index is 12.3. The Morgan fingerprint density at radius 1 is 1.32 bits per heavy atom. The Bertz CT molecular complexity index is 433. The van der Waals surface area contributed by atoms with Crippen molar-refractivity contribution in [3.63, 3.8) is 0 Å². The third-order valence-electron chi connectivity index (χ3n) is 2.98. The van der Waals surface area contributed by atoms with Gasteiger partial charge in [-0.05, 0) is 52.2 Å². The summed E-state index contributed by atoms with van der Waals surface area (Å²) < 4.78 is 0. The van der Waals surface area contributed by atoms with Crippen molar-refractivity contribution < 1.29 is 9.90 Å². The van der Waals surface area contributed by atoms with Crippen molar-refractivity contribution in [3.8, 4) is 5.75 Å². The molecule has 0 fully saturated rings. The monoisotopic (exact) mass is 265 g/mol. The van der Waals surface area contributed by atoms with Crippen LogP contribution in [0.25, 0.3) is 0 Å². The highest BCUT2D eigenvalue weighted by atomic mass is 16.3. The highest BCUT2D eigenvalue weighted by Gasteiger charge is 2.15. The molecule has 0 spiro atoms. The van der Waals surface area contributed by atoms with Gasteiger partial charge in [-0.25, -0.2) is 0 Å². The Morgan fingerprint density at radius 3 is 2.53 bits per heavy atom. The van der Waals surface area contributed by atoms with Crippen molar-refractivity contribution in [2.75, 3.05) is 39.5 Å². The number of carbonyl (C=O) groups excluding carboxylic acids is 1. The van der Waals surface area contributed by atoms with Crippen LogP contribution in [0, 0.1) is 0 Å². The summed E-state index contributed by atoms with van der Waals surface area (Å²) in [7, 11) is 4.02. The molecule has 0 unspecified atom stereocenters. The normalized spacial score (nSPS) is 10.7. The van der Waals surface area contributed by atoms with Crippen molar-refractivity contribution >= 4 is 11.6 Å². The minimum absolute atomic E-state index is 0.0461. The molecule has 0 bridgehead atoms. The Labute approximate surface area is 114 Å². The molecule has 5 nitrogen and oxygen atoms in total. The fraction of sp³-hybridized carbons (Fsp3) is 0.500. The second kappa shape index (κ2) is 6.99. The van der Waals surface area contributed by atoms with Gasteiger partial charge in [-0.2, -0.15) is 0 Å². The van der Waals surface area contributed by atoms with Gasteiger partial charge in [0.25, 0.3) is 5.91 Å². The first kappa shape index (κ1) is 15.3. The Hall–Kier alpha value is -1.75. The molecule has 0 aromatic heterocycles. The van der Waals surface area contributed by atoms with E-state index < -0.39 is 0 Å². The second-order valence-corrected chi connectivity index (χ2v) is 4.82. The van der Waals surface area contributed by atoms with Crippen LogP contribution >= 0.6 is 0 Å². The van der Waals surface area contributed by atoms with Crippen LogP contribution in [0.1, 0.15) is 23.7 Å². The van der Waals surface area contributed by atoms with Crippen LogP contribution in [-0.4, -0.2) is 54.5 Å². The van der Waals surface area contributed by atoms with E-state index in [-0.39, 0.29) is 17.3 Å². The number of hydrogen-bond acceptors (Lipinski definition) is 4. The molecule has 0 saturated carbocycles. The number of nitrogens with two attached hydrogens (primary N) is 1. The molecular weight excluding hydrogens is 242 g/mol. The minimum Gasteiger partial charge on any atom is -0.506 e. The molecule has 106 valence electrons. The molecule has 0 heterocycles. The van der Waals surface area contributed by atoms with E-state index in [1.165, 1.54) is 6.07 Å². The molecular formula is C14H23N3O2. The molecule has 1 aromatic rings. The number of benzene rings is 1. The van der Waals surface area contributed by atoms with Gasteiger partial charge in [0.05, 0.1) is 5.69 Å². The average Bonchev–Trinajstić information content (AvgIpc) is 2.37. The fourth-order valence-electron chi connectivity index (χ4n) is 1.84. The van der Waals surface area contributed by atoms with Crippen LogP contribution in [-0.2, 0) is 0 Å². The van der Waals surface area contributed by atoms with Crippen LogP contribution in [0.2, 0.25) is 0 Å². The number of phenols is 1. The SMILES string of the molecule is CCN(CCCN(C)C)C(=O)c1ccc(N)c(O)c1. The number of amides is 1. The van der Waals surface area contributed by atoms with E-state index in [2.05, 4.69) is 4.90 Å². The topological polar surface area (TPSA) is 69.8 Å². The van der Waals surface area contributed by atoms with E-state index in [1.54, 1.807) is 17.0 Å². The van der Waals surface area contributed by atoms with Crippen molar-refractivity contribution in [2.24, 2.45) is 0 Å². The van der Waals surface area contributed by atoms with Crippen molar-refractivity contribution in [1.29, 1.82) is 0 Å². The Balaban J connectivity index is 2.69. The van der Waals surface area contributed by atoms with E-state index >= 15 is 0 Å². The summed E-state index contributed by atoms with van der Waals surface area (Å²) >= 11 is 0. The third kappa shape index (κ3) is 4.44. The van der Waals surface area contributed by atoms with Gasteiger partial charge < -0.3 is 20.6 Å². The summed E-state index contributed by atoms with van der Waals surface area (Å²) in [5.41, 5.74) is 6.29. The van der Waals surface area contributed by atoms with Gasteiger partial charge in [0.1, 0.15) is 5.75 Å². The predicted octanol–water partition coefficient (Wildman–Crippen LogP) is 1.39. The fourth-order valence-corrected chi connectivity index (χ4v) is 1.84. The van der Waals surface area contributed by atoms with Gasteiger partial charge >= 0.3 is 0 Å². The van der Waals surface area contributed by atoms with Gasteiger partial charge in [0.15, 0.2) is 0 Å². The summed E-state index contributed by atoms with van der Waals surface area (Å²) in [6, 6.07) is 4.62. The van der Waals surface area contributed by atoms with Gasteiger partial charge in [-0.1, -0.05) is 0 Å². The number of nitrogen functional groups attached to an aromatic ring is 1. The number of hydrogen-bond donors (Lipinski definition) is 2. The van der Waals surface area contributed by atoms with Crippen LogP contribution < -0.4 is 5.73 Å². The zero-order chi connectivity index (χ0) is 14.4. The lowest BCUT2D eigenvalue weighted by Crippen LogP contribution is -2.33. The van der Waals surface area contributed by atoms with E-state index in [0.29, 0.717) is 18.7 Å². The first-order chi connectivity index (χ1) is 8.95. The van der Waals surface area contributed by atoms with Crippen molar-refractivity contribution in [2.45, 2.75) is 13.3 Å². The first-order valence-corrected chi connectivity index (χ1v) is 6.48. The maximum atomic E-state index is 12.3. The molecule has 1 rings (SSSR count). The van der Waals surface area contributed by atoms with Gasteiger partial charge in [-0.3, -0.25) is 4.79 Å². The molecule has 0 radical (unpaired) electrons. The molecule has 0 aliphatic rings. The first-order valence-electron chi connectivity index (χ1n) is 6.48. The van der Waals surface area contributed by atoms with Crippen LogP contribution in [0.3, 0.4) is 0 Å². The second-order valence-electron chi connectivity index (χ2n) is 4.82. The van der Waals surface area contributed by atoms with E-state index in [4.69, 9.17) is 5.73 Å². The Kier molecular flexibility index (Phi) is 5.63. The summed E-state index contributed by atoms with van der Waals surface area (Å²) in [4.78, 5) is 16.1. The lowest BCUT2D eigenvalue weighted by molar-refractivity contribution is 0.0759. The van der Waals surface area contributed by atoms with Gasteiger partial charge in [0, 0.05) is 18.7 Å². The summed E-state index contributed by atoms with van der Waals surface area (Å²) in [6.45, 7) is 4.25. The zero-order valence-electron chi connectivity index (χ0n) is 11.9. The molecule has 0 atom stereocenters. The zero-order valence-corrected chi connectivity index (χ0v) is 11.9. The molecule has 0 saturated heterocycles. The molecule has 1 aromatic carbocycles. The van der Waals surface area contributed by atoms with Crippen molar-refractivity contribution in [3.05, 3.63) is 23.8 Å². The molecule has 0 aliphatic heterocycles. The average molecular weight is 265 g/mol. The number of rotatable bonds is 6. The van der Waals surface area contributed by atoms with Crippen molar-refractivity contribution in [1.82, 2.24) is 9.80 Å². The summed E-state index contributed by atoms with van der Waals surface area (Å²) in [5, 5.41) is 9.55. The lowest BCUT2D eigenvalue weighted by Gasteiger charge is -2.22. The van der Waals surface area contributed by atoms with Crippen LogP contribution in [0.15, 0.2) is 18.2 Å². The highest BCUT2D eigenvalue weighted by molar-refractivity contribution is 5.95. The molecule has 0 aliphatic carbocycles. The van der Waals surface area contributed by atoms with Crippen LogP contribution in [0.5, 0.6) is 5.75 Å². The number of carbonyl (C=O) groups is 1. The molecule has 1 amide bonds. The lowest BCUT2D eigenvalue weighted by atomic mass is 10.1. The van der Waals surface area contributed by atoms with Gasteiger partial charge in [-0.15, -0.1) is 0 Å². The van der Waals surface area contributed by atoms with E-state index in [0.717, 1.165) is 13.0 Å². The highest BCUT2D eigenvalue weighted by Crippen LogP contribution is 2.21.